The molecule has 0 atom stereocenters. The molecule has 0 N–H and O–H groups in total. The van der Waals surface area contributed by atoms with Gasteiger partial charge >= 0.3 is 0 Å². The zero-order valence-electron chi connectivity index (χ0n) is 9.22. The summed E-state index contributed by atoms with van der Waals surface area (Å²) in [4.78, 5) is 12.6. The van der Waals surface area contributed by atoms with E-state index < -0.39 is 6.08 Å². The fourth-order valence-electron chi connectivity index (χ4n) is 1.20. The van der Waals surface area contributed by atoms with Crippen LogP contribution in [-0.4, -0.2) is 20.7 Å². The first-order valence-electron chi connectivity index (χ1n) is 5.12. The molecular formula is C11H9F2N3S2. The Morgan fingerprint density at radius 3 is 2.94 bits per heavy atom. The van der Waals surface area contributed by atoms with E-state index in [-0.39, 0.29) is 0 Å². The van der Waals surface area contributed by atoms with Crippen molar-refractivity contribution < 1.29 is 8.78 Å². The minimum atomic E-state index is -1.65. The maximum absolute atomic E-state index is 11.8. The van der Waals surface area contributed by atoms with Gasteiger partial charge < -0.3 is 0 Å². The number of nitrogens with zero attached hydrogens (tertiary/aromatic N) is 3. The second-order valence-corrected chi connectivity index (χ2v) is 5.15. The molecule has 0 amide bonds. The lowest BCUT2D eigenvalue weighted by Gasteiger charge is -2.00. The normalized spacial score (nSPS) is 10.3. The van der Waals surface area contributed by atoms with E-state index in [9.17, 15) is 8.78 Å². The Labute approximate surface area is 111 Å². The van der Waals surface area contributed by atoms with E-state index in [0.29, 0.717) is 17.3 Å². The van der Waals surface area contributed by atoms with Crippen molar-refractivity contribution in [1.82, 2.24) is 15.0 Å². The van der Waals surface area contributed by atoms with Gasteiger partial charge in [-0.15, -0.1) is 11.3 Å². The number of thioether (sulfide) groups is 1. The Bertz CT molecular complexity index is 525. The van der Waals surface area contributed by atoms with Crippen molar-refractivity contribution in [3.05, 3.63) is 36.0 Å². The van der Waals surface area contributed by atoms with Crippen LogP contribution in [0.2, 0.25) is 0 Å². The van der Waals surface area contributed by atoms with Gasteiger partial charge in [-0.05, 0) is 18.6 Å². The lowest BCUT2D eigenvalue weighted by atomic mass is 10.4. The van der Waals surface area contributed by atoms with Crippen molar-refractivity contribution in [3.63, 3.8) is 0 Å². The zero-order chi connectivity index (χ0) is 12.8. The Balaban J connectivity index is 1.98. The standard InChI is InChI=1S/C11H9F2N3S2/c12-9(13)2-1-6-18-11-15-4-3-8(16-11)10-14-5-7-17-10/h2-5,7H,1,6H2. The van der Waals surface area contributed by atoms with Crippen LogP contribution in [-0.2, 0) is 0 Å². The molecule has 0 spiro atoms. The predicted molar refractivity (Wildman–Crippen MR) is 68.8 cm³/mol. The summed E-state index contributed by atoms with van der Waals surface area (Å²) in [6, 6.07) is 1.78. The van der Waals surface area contributed by atoms with E-state index in [0.717, 1.165) is 16.8 Å². The van der Waals surface area contributed by atoms with Gasteiger partial charge in [-0.1, -0.05) is 11.8 Å². The number of hydrogen-bond acceptors (Lipinski definition) is 5. The van der Waals surface area contributed by atoms with Crippen molar-refractivity contribution in [1.29, 1.82) is 0 Å². The largest absolute Gasteiger partial charge is 0.266 e. The maximum atomic E-state index is 11.8. The van der Waals surface area contributed by atoms with E-state index in [2.05, 4.69) is 15.0 Å². The lowest BCUT2D eigenvalue weighted by Crippen LogP contribution is -1.90. The van der Waals surface area contributed by atoms with Crippen LogP contribution in [0.25, 0.3) is 10.7 Å². The van der Waals surface area contributed by atoms with Gasteiger partial charge in [0.15, 0.2) is 5.16 Å². The zero-order valence-corrected chi connectivity index (χ0v) is 10.8. The predicted octanol–water partition coefficient (Wildman–Crippen LogP) is 3.86. The van der Waals surface area contributed by atoms with Crippen LogP contribution in [0, 0.1) is 0 Å². The molecular weight excluding hydrogens is 276 g/mol. The highest BCUT2D eigenvalue weighted by Gasteiger charge is 2.04. The van der Waals surface area contributed by atoms with Gasteiger partial charge in [0.2, 0.25) is 0 Å². The van der Waals surface area contributed by atoms with Crippen molar-refractivity contribution in [2.75, 3.05) is 5.75 Å². The molecule has 0 aliphatic rings. The Hall–Kier alpha value is -1.34. The van der Waals surface area contributed by atoms with Crippen molar-refractivity contribution >= 4 is 23.1 Å². The molecule has 0 bridgehead atoms. The number of allylic oxidation sites excluding steroid dienone is 1. The molecule has 0 saturated carbocycles. The maximum Gasteiger partial charge on any atom is 0.266 e. The quantitative estimate of drug-likeness (QED) is 0.475. The molecule has 2 rings (SSSR count). The fourth-order valence-corrected chi connectivity index (χ4v) is 2.52. The second-order valence-electron chi connectivity index (χ2n) is 3.19. The van der Waals surface area contributed by atoms with Gasteiger partial charge in [-0.2, -0.15) is 8.78 Å². The number of halogens is 2. The van der Waals surface area contributed by atoms with Crippen LogP contribution in [0.1, 0.15) is 6.42 Å². The minimum absolute atomic E-state index is 0.303. The molecule has 18 heavy (non-hydrogen) atoms. The van der Waals surface area contributed by atoms with Crippen LogP contribution in [0.4, 0.5) is 8.78 Å². The SMILES string of the molecule is FC(F)=CCCSc1nccc(-c2nccs2)n1. The highest BCUT2D eigenvalue weighted by molar-refractivity contribution is 7.99. The summed E-state index contributed by atoms with van der Waals surface area (Å²) in [6.45, 7) is 0. The van der Waals surface area contributed by atoms with Gasteiger partial charge in [-0.3, -0.25) is 0 Å². The van der Waals surface area contributed by atoms with Crippen molar-refractivity contribution in [2.45, 2.75) is 11.6 Å². The summed E-state index contributed by atoms with van der Waals surface area (Å²) in [5.74, 6) is 0.526. The van der Waals surface area contributed by atoms with Gasteiger partial charge in [0.1, 0.15) is 10.7 Å². The Kier molecular flexibility index (Phi) is 4.77. The number of rotatable bonds is 5. The van der Waals surface area contributed by atoms with Gasteiger partial charge in [-0.25, -0.2) is 15.0 Å². The molecule has 0 aliphatic heterocycles. The third kappa shape index (κ3) is 3.85. The van der Waals surface area contributed by atoms with Gasteiger partial charge in [0.05, 0.1) is 0 Å². The Morgan fingerprint density at radius 2 is 2.22 bits per heavy atom. The summed E-state index contributed by atoms with van der Waals surface area (Å²) < 4.78 is 23.6. The Morgan fingerprint density at radius 1 is 1.33 bits per heavy atom. The number of aromatic nitrogens is 3. The third-order valence-corrected chi connectivity index (χ3v) is 3.62. The first kappa shape index (κ1) is 13.1. The van der Waals surface area contributed by atoms with E-state index in [1.807, 2.05) is 5.38 Å². The minimum Gasteiger partial charge on any atom is -0.243 e. The molecule has 0 unspecified atom stereocenters. The first-order valence-corrected chi connectivity index (χ1v) is 6.99. The van der Waals surface area contributed by atoms with Crippen LogP contribution in [0.5, 0.6) is 0 Å². The lowest BCUT2D eigenvalue weighted by molar-refractivity contribution is 0.418. The number of thiazole rings is 1. The fraction of sp³-hybridized carbons (Fsp3) is 0.182. The monoisotopic (exact) mass is 285 g/mol. The van der Waals surface area contributed by atoms with Crippen LogP contribution in [0.3, 0.4) is 0 Å². The summed E-state index contributed by atoms with van der Waals surface area (Å²) in [5.41, 5.74) is 0.759. The third-order valence-electron chi connectivity index (χ3n) is 1.93. The molecule has 94 valence electrons. The van der Waals surface area contributed by atoms with Crippen LogP contribution in [0.15, 0.2) is 41.2 Å². The molecule has 0 fully saturated rings. The summed E-state index contributed by atoms with van der Waals surface area (Å²) in [6.07, 6.45) is 2.92. The molecule has 0 aromatic carbocycles. The molecule has 0 saturated heterocycles. The average molecular weight is 285 g/mol. The molecule has 0 aliphatic carbocycles. The van der Waals surface area contributed by atoms with E-state index >= 15 is 0 Å². The molecule has 2 heterocycles. The molecule has 2 aromatic heterocycles. The summed E-state index contributed by atoms with van der Waals surface area (Å²) in [5, 5.41) is 3.28. The van der Waals surface area contributed by atoms with Crippen molar-refractivity contribution in [2.24, 2.45) is 0 Å². The first-order chi connectivity index (χ1) is 8.75. The van der Waals surface area contributed by atoms with E-state index in [1.54, 1.807) is 18.5 Å². The highest BCUT2D eigenvalue weighted by atomic mass is 32.2. The highest BCUT2D eigenvalue weighted by Crippen LogP contribution is 2.22. The van der Waals surface area contributed by atoms with E-state index in [4.69, 9.17) is 0 Å². The molecule has 0 radical (unpaired) electrons. The van der Waals surface area contributed by atoms with Crippen molar-refractivity contribution in [3.8, 4) is 10.7 Å². The number of hydrogen-bond donors (Lipinski definition) is 0. The second kappa shape index (κ2) is 6.55. The topological polar surface area (TPSA) is 38.7 Å². The summed E-state index contributed by atoms with van der Waals surface area (Å²) >= 11 is 2.85. The average Bonchev–Trinajstić information content (AvgIpc) is 2.89. The van der Waals surface area contributed by atoms with Gasteiger partial charge in [0.25, 0.3) is 6.08 Å². The van der Waals surface area contributed by atoms with E-state index in [1.165, 1.54) is 23.1 Å². The smallest absolute Gasteiger partial charge is 0.243 e. The van der Waals surface area contributed by atoms with Crippen LogP contribution < -0.4 is 0 Å². The van der Waals surface area contributed by atoms with Gasteiger partial charge in [0, 0.05) is 23.5 Å². The molecule has 3 nitrogen and oxygen atoms in total. The molecule has 2 aromatic rings. The molecule has 7 heteroatoms. The summed E-state index contributed by atoms with van der Waals surface area (Å²) in [7, 11) is 0. The van der Waals surface area contributed by atoms with Crippen LogP contribution >= 0.6 is 23.1 Å².